The fourth-order valence-corrected chi connectivity index (χ4v) is 2.44. The van der Waals surface area contributed by atoms with Gasteiger partial charge in [-0.15, -0.1) is 0 Å². The first-order chi connectivity index (χ1) is 10.4. The van der Waals surface area contributed by atoms with E-state index >= 15 is 0 Å². The highest BCUT2D eigenvalue weighted by atomic mass is 35.5. The molecule has 2 rings (SSSR count). The van der Waals surface area contributed by atoms with Crippen LogP contribution in [-0.4, -0.2) is 33.4 Å². The summed E-state index contributed by atoms with van der Waals surface area (Å²) in [5, 5.41) is 16.4. The summed E-state index contributed by atoms with van der Waals surface area (Å²) < 4.78 is 1.61. The highest BCUT2D eigenvalue weighted by molar-refractivity contribution is 6.33. The minimum absolute atomic E-state index is 0.125. The number of amides is 1. The standard InChI is InChI=1S/C16H20ClN3O2/c1-10-4-6-13(7-5-10)8-20-15(17)14(12(3)19-20)16(22)18-11(2)9-21/h4-7,11,21H,8-9H2,1-3H3,(H,18,22). The second-order valence-electron chi connectivity index (χ2n) is 5.45. The normalized spacial score (nSPS) is 12.2. The van der Waals surface area contributed by atoms with Gasteiger partial charge < -0.3 is 10.4 Å². The van der Waals surface area contributed by atoms with Gasteiger partial charge in [-0.3, -0.25) is 4.79 Å². The summed E-state index contributed by atoms with van der Waals surface area (Å²) >= 11 is 6.31. The molecule has 1 atom stereocenters. The molecule has 1 aromatic heterocycles. The molecule has 118 valence electrons. The Morgan fingerprint density at radius 3 is 2.59 bits per heavy atom. The first kappa shape index (κ1) is 16.5. The molecule has 0 bridgehead atoms. The van der Waals surface area contributed by atoms with Crippen LogP contribution in [0.3, 0.4) is 0 Å². The molecule has 5 nitrogen and oxygen atoms in total. The lowest BCUT2D eigenvalue weighted by Gasteiger charge is -2.10. The van der Waals surface area contributed by atoms with Crippen molar-refractivity contribution < 1.29 is 9.90 Å². The number of aromatic nitrogens is 2. The Bertz CT molecular complexity index is 665. The maximum absolute atomic E-state index is 12.2. The van der Waals surface area contributed by atoms with Crippen LogP contribution >= 0.6 is 11.6 Å². The lowest BCUT2D eigenvalue weighted by molar-refractivity contribution is 0.0922. The molecule has 1 amide bonds. The van der Waals surface area contributed by atoms with Crippen molar-refractivity contribution in [2.24, 2.45) is 0 Å². The van der Waals surface area contributed by atoms with Crippen molar-refractivity contribution in [3.8, 4) is 0 Å². The minimum Gasteiger partial charge on any atom is -0.394 e. The van der Waals surface area contributed by atoms with Crippen LogP contribution in [0.15, 0.2) is 24.3 Å². The first-order valence-electron chi connectivity index (χ1n) is 7.12. The largest absolute Gasteiger partial charge is 0.394 e. The number of hydrogen-bond donors (Lipinski definition) is 2. The van der Waals surface area contributed by atoms with Gasteiger partial charge in [0.15, 0.2) is 0 Å². The number of carbonyl (C=O) groups is 1. The molecule has 1 heterocycles. The summed E-state index contributed by atoms with van der Waals surface area (Å²) in [6.07, 6.45) is 0. The molecule has 0 radical (unpaired) electrons. The Morgan fingerprint density at radius 1 is 1.36 bits per heavy atom. The second kappa shape index (κ2) is 6.94. The summed E-state index contributed by atoms with van der Waals surface area (Å²) in [5.74, 6) is -0.320. The van der Waals surface area contributed by atoms with E-state index in [1.54, 1.807) is 18.5 Å². The highest BCUT2D eigenvalue weighted by Crippen LogP contribution is 2.21. The highest BCUT2D eigenvalue weighted by Gasteiger charge is 2.21. The Balaban J connectivity index is 2.23. The third-order valence-corrected chi connectivity index (χ3v) is 3.78. The molecule has 22 heavy (non-hydrogen) atoms. The molecule has 0 aliphatic carbocycles. The molecule has 0 saturated carbocycles. The van der Waals surface area contributed by atoms with Gasteiger partial charge in [0, 0.05) is 6.04 Å². The molecule has 1 aromatic carbocycles. The second-order valence-corrected chi connectivity index (χ2v) is 5.81. The number of rotatable bonds is 5. The SMILES string of the molecule is Cc1ccc(Cn2nc(C)c(C(=O)NC(C)CO)c2Cl)cc1. The van der Waals surface area contributed by atoms with Gasteiger partial charge >= 0.3 is 0 Å². The van der Waals surface area contributed by atoms with Gasteiger partial charge in [-0.25, -0.2) is 4.68 Å². The van der Waals surface area contributed by atoms with E-state index in [-0.39, 0.29) is 18.6 Å². The Morgan fingerprint density at radius 2 is 2.00 bits per heavy atom. The molecule has 0 aliphatic rings. The van der Waals surface area contributed by atoms with Gasteiger partial charge in [-0.1, -0.05) is 41.4 Å². The van der Waals surface area contributed by atoms with E-state index in [2.05, 4.69) is 10.4 Å². The zero-order valence-electron chi connectivity index (χ0n) is 12.9. The molecule has 0 saturated heterocycles. The number of nitrogens with one attached hydrogen (secondary N) is 1. The monoisotopic (exact) mass is 321 g/mol. The number of benzene rings is 1. The van der Waals surface area contributed by atoms with Crippen LogP contribution in [0, 0.1) is 13.8 Å². The van der Waals surface area contributed by atoms with Gasteiger partial charge in [-0.05, 0) is 26.3 Å². The molecular weight excluding hydrogens is 302 g/mol. The number of nitrogens with zero attached hydrogens (tertiary/aromatic N) is 2. The maximum atomic E-state index is 12.2. The fraction of sp³-hybridized carbons (Fsp3) is 0.375. The molecule has 1 unspecified atom stereocenters. The Hall–Kier alpha value is -1.85. The van der Waals surface area contributed by atoms with E-state index < -0.39 is 0 Å². The number of aliphatic hydroxyl groups excluding tert-OH is 1. The minimum atomic E-state index is -0.330. The van der Waals surface area contributed by atoms with Gasteiger partial charge in [-0.2, -0.15) is 5.10 Å². The lowest BCUT2D eigenvalue weighted by atomic mass is 10.1. The third-order valence-electron chi connectivity index (χ3n) is 3.40. The van der Waals surface area contributed by atoms with Crippen LogP contribution in [0.2, 0.25) is 5.15 Å². The maximum Gasteiger partial charge on any atom is 0.256 e. The molecule has 0 aliphatic heterocycles. The summed E-state index contributed by atoms with van der Waals surface area (Å²) in [4.78, 5) is 12.2. The van der Waals surface area contributed by atoms with Crippen LogP contribution in [0.1, 0.15) is 34.1 Å². The van der Waals surface area contributed by atoms with E-state index in [1.807, 2.05) is 31.2 Å². The van der Waals surface area contributed by atoms with Gasteiger partial charge in [0.2, 0.25) is 0 Å². The number of carbonyl (C=O) groups excluding carboxylic acids is 1. The van der Waals surface area contributed by atoms with Crippen molar-refractivity contribution >= 4 is 17.5 Å². The van der Waals surface area contributed by atoms with Crippen molar-refractivity contribution in [1.29, 1.82) is 0 Å². The van der Waals surface area contributed by atoms with Crippen LogP contribution in [-0.2, 0) is 6.54 Å². The predicted octanol–water partition coefficient (Wildman–Crippen LogP) is 2.31. The predicted molar refractivity (Wildman–Crippen MR) is 86.3 cm³/mol. The molecule has 2 N–H and O–H groups in total. The first-order valence-corrected chi connectivity index (χ1v) is 7.50. The average Bonchev–Trinajstić information content (AvgIpc) is 2.75. The van der Waals surface area contributed by atoms with Crippen molar-refractivity contribution in [2.45, 2.75) is 33.4 Å². The van der Waals surface area contributed by atoms with E-state index in [0.29, 0.717) is 23.0 Å². The van der Waals surface area contributed by atoms with E-state index in [1.165, 1.54) is 5.56 Å². The number of aliphatic hydroxyl groups is 1. The van der Waals surface area contributed by atoms with Gasteiger partial charge in [0.05, 0.1) is 24.4 Å². The number of halogens is 1. The summed E-state index contributed by atoms with van der Waals surface area (Å²) in [6, 6.07) is 7.74. The van der Waals surface area contributed by atoms with Crippen molar-refractivity contribution in [1.82, 2.24) is 15.1 Å². The molecule has 0 spiro atoms. The van der Waals surface area contributed by atoms with Crippen LogP contribution in [0.25, 0.3) is 0 Å². The molecular formula is C16H20ClN3O2. The van der Waals surface area contributed by atoms with Crippen molar-refractivity contribution in [2.75, 3.05) is 6.61 Å². The van der Waals surface area contributed by atoms with Crippen LogP contribution in [0.4, 0.5) is 0 Å². The average molecular weight is 322 g/mol. The fourth-order valence-electron chi connectivity index (χ4n) is 2.12. The Labute approximate surface area is 134 Å². The van der Waals surface area contributed by atoms with Crippen LogP contribution in [0.5, 0.6) is 0 Å². The van der Waals surface area contributed by atoms with E-state index in [0.717, 1.165) is 5.56 Å². The summed E-state index contributed by atoms with van der Waals surface area (Å²) in [5.41, 5.74) is 3.17. The van der Waals surface area contributed by atoms with E-state index in [9.17, 15) is 4.79 Å². The van der Waals surface area contributed by atoms with Crippen molar-refractivity contribution in [3.63, 3.8) is 0 Å². The summed E-state index contributed by atoms with van der Waals surface area (Å²) in [7, 11) is 0. The quantitative estimate of drug-likeness (QED) is 0.888. The van der Waals surface area contributed by atoms with Gasteiger partial charge in [0.1, 0.15) is 5.15 Å². The Kier molecular flexibility index (Phi) is 5.21. The summed E-state index contributed by atoms with van der Waals surface area (Å²) in [6.45, 7) is 5.87. The third kappa shape index (κ3) is 3.67. The molecule has 0 fully saturated rings. The number of aryl methyl sites for hydroxylation is 2. The topological polar surface area (TPSA) is 67.2 Å². The van der Waals surface area contributed by atoms with E-state index in [4.69, 9.17) is 16.7 Å². The van der Waals surface area contributed by atoms with Crippen molar-refractivity contribution in [3.05, 3.63) is 51.8 Å². The smallest absolute Gasteiger partial charge is 0.256 e. The number of hydrogen-bond acceptors (Lipinski definition) is 3. The lowest BCUT2D eigenvalue weighted by Crippen LogP contribution is -2.35. The zero-order valence-corrected chi connectivity index (χ0v) is 13.7. The van der Waals surface area contributed by atoms with Crippen LogP contribution < -0.4 is 5.32 Å². The zero-order chi connectivity index (χ0) is 16.3. The molecule has 6 heteroatoms. The molecule has 2 aromatic rings. The van der Waals surface area contributed by atoms with Gasteiger partial charge in [0.25, 0.3) is 5.91 Å².